The fourth-order valence-electron chi connectivity index (χ4n) is 0.928. The number of aromatic nitrogens is 1. The molecule has 1 aromatic rings. The molecule has 15 heavy (non-hydrogen) atoms. The zero-order chi connectivity index (χ0) is 11.3. The van der Waals surface area contributed by atoms with Crippen LogP contribution in [0.4, 0.5) is 0 Å². The summed E-state index contributed by atoms with van der Waals surface area (Å²) in [5.74, 6) is 4.32. The minimum Gasteiger partial charge on any atom is -0.464 e. The van der Waals surface area contributed by atoms with E-state index in [1.54, 1.807) is 12.3 Å². The van der Waals surface area contributed by atoms with Crippen LogP contribution in [0.2, 0.25) is 0 Å². The Bertz CT molecular complexity index is 437. The maximum absolute atomic E-state index is 11.0. The average Bonchev–Trinajstić information content (AvgIpc) is 2.65. The summed E-state index contributed by atoms with van der Waals surface area (Å²) in [6.07, 6.45) is 1.55. The lowest BCUT2D eigenvalue weighted by atomic mass is 10.3. The van der Waals surface area contributed by atoms with Crippen LogP contribution in [0.1, 0.15) is 22.5 Å². The highest BCUT2D eigenvalue weighted by Crippen LogP contribution is 2.02. The van der Waals surface area contributed by atoms with Gasteiger partial charge in [-0.25, -0.2) is 4.79 Å². The van der Waals surface area contributed by atoms with Gasteiger partial charge in [-0.2, -0.15) is 0 Å². The van der Waals surface area contributed by atoms with Crippen molar-refractivity contribution in [3.8, 4) is 11.8 Å². The number of amides is 1. The zero-order valence-corrected chi connectivity index (χ0v) is 8.16. The van der Waals surface area contributed by atoms with Crippen LogP contribution in [0.25, 0.3) is 0 Å². The van der Waals surface area contributed by atoms with Gasteiger partial charge in [-0.05, 0) is 6.07 Å². The summed E-state index contributed by atoms with van der Waals surface area (Å²) < 4.78 is 4.50. The number of hydrogen-bond donors (Lipinski definition) is 2. The number of H-pyrrole nitrogens is 1. The van der Waals surface area contributed by atoms with Crippen LogP contribution in [0.3, 0.4) is 0 Å². The fraction of sp³-hybridized carbons (Fsp3) is 0.200. The molecular weight excluding hydrogens is 196 g/mol. The molecule has 0 aliphatic rings. The first-order chi connectivity index (χ1) is 7.13. The Morgan fingerprint density at radius 1 is 1.60 bits per heavy atom. The van der Waals surface area contributed by atoms with Crippen molar-refractivity contribution >= 4 is 11.9 Å². The largest absolute Gasteiger partial charge is 0.464 e. The Hall–Kier alpha value is -2.22. The normalized spacial score (nSPS) is 8.87. The third-order valence-corrected chi connectivity index (χ3v) is 1.58. The molecule has 0 unspecified atom stereocenters. The minimum atomic E-state index is -0.480. The van der Waals surface area contributed by atoms with Crippen LogP contribution < -0.4 is 5.73 Å². The maximum Gasteiger partial charge on any atom is 0.354 e. The van der Waals surface area contributed by atoms with E-state index in [1.165, 1.54) is 7.11 Å². The second-order valence-corrected chi connectivity index (χ2v) is 2.74. The lowest BCUT2D eigenvalue weighted by molar-refractivity contribution is -0.117. The van der Waals surface area contributed by atoms with Gasteiger partial charge in [0.1, 0.15) is 5.69 Å². The molecule has 0 saturated heterocycles. The number of nitrogens with one attached hydrogen (secondary N) is 1. The molecule has 0 radical (unpaired) electrons. The van der Waals surface area contributed by atoms with Crippen molar-refractivity contribution in [2.45, 2.75) is 6.42 Å². The van der Waals surface area contributed by atoms with E-state index in [2.05, 4.69) is 21.6 Å². The summed E-state index contributed by atoms with van der Waals surface area (Å²) in [5.41, 5.74) is 5.84. The van der Waals surface area contributed by atoms with Crippen LogP contribution in [-0.4, -0.2) is 24.0 Å². The summed E-state index contributed by atoms with van der Waals surface area (Å²) in [5, 5.41) is 0. The molecule has 1 aromatic heterocycles. The van der Waals surface area contributed by atoms with Crippen LogP contribution in [0, 0.1) is 11.8 Å². The highest BCUT2D eigenvalue weighted by atomic mass is 16.5. The van der Waals surface area contributed by atoms with Gasteiger partial charge < -0.3 is 15.5 Å². The van der Waals surface area contributed by atoms with Gasteiger partial charge in [0.2, 0.25) is 5.91 Å². The van der Waals surface area contributed by atoms with Gasteiger partial charge in [0, 0.05) is 11.8 Å². The van der Waals surface area contributed by atoms with Gasteiger partial charge in [0.25, 0.3) is 0 Å². The zero-order valence-electron chi connectivity index (χ0n) is 8.16. The van der Waals surface area contributed by atoms with E-state index in [9.17, 15) is 9.59 Å². The molecule has 0 bridgehead atoms. The molecule has 0 aliphatic heterocycles. The van der Waals surface area contributed by atoms with E-state index in [0.717, 1.165) is 0 Å². The van der Waals surface area contributed by atoms with Gasteiger partial charge in [-0.1, -0.05) is 11.8 Å². The Labute approximate surface area is 86.6 Å². The first-order valence-electron chi connectivity index (χ1n) is 4.17. The molecule has 0 fully saturated rings. The predicted molar refractivity (Wildman–Crippen MR) is 52.8 cm³/mol. The van der Waals surface area contributed by atoms with Gasteiger partial charge in [0.15, 0.2) is 0 Å². The molecule has 0 atom stereocenters. The molecule has 1 amide bonds. The second kappa shape index (κ2) is 4.86. The van der Waals surface area contributed by atoms with Gasteiger partial charge in [-0.15, -0.1) is 0 Å². The van der Waals surface area contributed by atoms with Crippen molar-refractivity contribution < 1.29 is 14.3 Å². The molecule has 78 valence electrons. The number of primary amides is 1. The van der Waals surface area contributed by atoms with Crippen molar-refractivity contribution in [3.63, 3.8) is 0 Å². The Morgan fingerprint density at radius 2 is 2.33 bits per heavy atom. The van der Waals surface area contributed by atoms with Gasteiger partial charge in [-0.3, -0.25) is 4.79 Å². The van der Waals surface area contributed by atoms with Crippen LogP contribution in [0.5, 0.6) is 0 Å². The van der Waals surface area contributed by atoms with Crippen molar-refractivity contribution in [2.24, 2.45) is 5.73 Å². The molecule has 0 aliphatic carbocycles. The standard InChI is InChI=1S/C10H10N2O3/c1-15-10(14)8-5-7(6-12-8)3-2-4-9(11)13/h5-6,12H,4H2,1H3,(H2,11,13). The fourth-order valence-corrected chi connectivity index (χ4v) is 0.928. The minimum absolute atomic E-state index is 0.00125. The number of esters is 1. The van der Waals surface area contributed by atoms with Crippen LogP contribution in [0.15, 0.2) is 12.3 Å². The topological polar surface area (TPSA) is 85.2 Å². The smallest absolute Gasteiger partial charge is 0.354 e. The lowest BCUT2D eigenvalue weighted by Gasteiger charge is -1.91. The quantitative estimate of drug-likeness (QED) is 0.528. The Kier molecular flexibility index (Phi) is 3.52. The highest BCUT2D eigenvalue weighted by Gasteiger charge is 2.06. The molecule has 0 spiro atoms. The Morgan fingerprint density at radius 3 is 2.93 bits per heavy atom. The molecule has 5 heteroatoms. The number of aromatic amines is 1. The predicted octanol–water partition coefficient (Wildman–Crippen LogP) is 0.0282. The van der Waals surface area contributed by atoms with Crippen molar-refractivity contribution in [1.82, 2.24) is 4.98 Å². The molecule has 0 aromatic carbocycles. The first-order valence-corrected chi connectivity index (χ1v) is 4.17. The summed E-state index contributed by atoms with van der Waals surface area (Å²) in [6.45, 7) is 0. The summed E-state index contributed by atoms with van der Waals surface area (Å²) in [6, 6.07) is 1.54. The molecule has 1 heterocycles. The van der Waals surface area contributed by atoms with Crippen molar-refractivity contribution in [3.05, 3.63) is 23.5 Å². The van der Waals surface area contributed by atoms with Gasteiger partial charge in [0.05, 0.1) is 13.5 Å². The van der Waals surface area contributed by atoms with E-state index in [4.69, 9.17) is 5.73 Å². The number of carbonyl (C=O) groups is 2. The molecular formula is C10H10N2O3. The number of carbonyl (C=O) groups excluding carboxylic acids is 2. The molecule has 3 N–H and O–H groups in total. The monoisotopic (exact) mass is 206 g/mol. The van der Waals surface area contributed by atoms with Crippen LogP contribution in [-0.2, 0) is 9.53 Å². The van der Waals surface area contributed by atoms with Crippen molar-refractivity contribution in [2.75, 3.05) is 7.11 Å². The molecule has 0 saturated carbocycles. The number of hydrogen-bond acceptors (Lipinski definition) is 3. The van der Waals surface area contributed by atoms with E-state index < -0.39 is 11.9 Å². The number of nitrogens with two attached hydrogens (primary N) is 1. The van der Waals surface area contributed by atoms with E-state index >= 15 is 0 Å². The van der Waals surface area contributed by atoms with E-state index in [-0.39, 0.29) is 6.42 Å². The van der Waals surface area contributed by atoms with Crippen LogP contribution >= 0.6 is 0 Å². The van der Waals surface area contributed by atoms with Gasteiger partial charge >= 0.3 is 5.97 Å². The molecule has 5 nitrogen and oxygen atoms in total. The number of rotatable bonds is 2. The van der Waals surface area contributed by atoms with E-state index in [1.807, 2.05) is 0 Å². The lowest BCUT2D eigenvalue weighted by Crippen LogP contribution is -2.08. The average molecular weight is 206 g/mol. The maximum atomic E-state index is 11.0. The first kappa shape index (κ1) is 10.9. The highest BCUT2D eigenvalue weighted by molar-refractivity contribution is 5.87. The summed E-state index contributed by atoms with van der Waals surface area (Å²) >= 11 is 0. The van der Waals surface area contributed by atoms with E-state index in [0.29, 0.717) is 11.3 Å². The SMILES string of the molecule is COC(=O)c1cc(C#CCC(N)=O)c[nH]1. The number of ether oxygens (including phenoxy) is 1. The third kappa shape index (κ3) is 3.19. The summed E-state index contributed by atoms with van der Waals surface area (Å²) in [4.78, 5) is 24.1. The summed E-state index contributed by atoms with van der Waals surface area (Å²) in [7, 11) is 1.29. The second-order valence-electron chi connectivity index (χ2n) is 2.74. The Balaban J connectivity index is 2.71. The molecule has 1 rings (SSSR count). The number of methoxy groups -OCH3 is 1. The van der Waals surface area contributed by atoms with Crippen molar-refractivity contribution in [1.29, 1.82) is 0 Å². The third-order valence-electron chi connectivity index (χ3n) is 1.58.